The molecule has 0 atom stereocenters. The SMILES string of the molecule is O=C(NCc1ccccn1)c1nc[nH]c1C(=O)NCc1ccc(F)cc1Cl. The standard InChI is InChI=1S/C18H15ClFN5O2/c19-14-7-12(20)5-4-11(14)8-22-17(26)15-16(25-10-24-15)18(27)23-9-13-3-1-2-6-21-13/h1-7,10H,8-9H2,(H,22,26)(H,23,27)(H,24,25). The smallest absolute Gasteiger partial charge is 0.272 e. The Hall–Kier alpha value is -3.26. The fourth-order valence-corrected chi connectivity index (χ4v) is 2.56. The van der Waals surface area contributed by atoms with Gasteiger partial charge >= 0.3 is 0 Å². The molecule has 2 amide bonds. The average Bonchev–Trinajstić information content (AvgIpc) is 3.16. The second-order valence-electron chi connectivity index (χ2n) is 5.55. The summed E-state index contributed by atoms with van der Waals surface area (Å²) in [6.45, 7) is 0.282. The fraction of sp³-hybridized carbons (Fsp3) is 0.111. The summed E-state index contributed by atoms with van der Waals surface area (Å²) < 4.78 is 13.1. The number of aromatic amines is 1. The molecule has 0 aliphatic carbocycles. The maximum absolute atomic E-state index is 13.1. The van der Waals surface area contributed by atoms with E-state index >= 15 is 0 Å². The molecule has 2 aromatic heterocycles. The van der Waals surface area contributed by atoms with E-state index < -0.39 is 17.6 Å². The quantitative estimate of drug-likeness (QED) is 0.605. The van der Waals surface area contributed by atoms with Crippen LogP contribution in [0.3, 0.4) is 0 Å². The van der Waals surface area contributed by atoms with E-state index in [1.165, 1.54) is 18.5 Å². The lowest BCUT2D eigenvalue weighted by Gasteiger charge is -2.08. The van der Waals surface area contributed by atoms with Crippen LogP contribution in [0.2, 0.25) is 5.02 Å². The van der Waals surface area contributed by atoms with Crippen molar-refractivity contribution in [3.8, 4) is 0 Å². The minimum atomic E-state index is -0.532. The number of carbonyl (C=O) groups excluding carboxylic acids is 2. The molecule has 0 fully saturated rings. The first-order chi connectivity index (χ1) is 13.0. The van der Waals surface area contributed by atoms with Gasteiger partial charge < -0.3 is 15.6 Å². The molecule has 0 spiro atoms. The van der Waals surface area contributed by atoms with Crippen LogP contribution >= 0.6 is 11.6 Å². The van der Waals surface area contributed by atoms with Crippen molar-refractivity contribution in [2.75, 3.05) is 0 Å². The molecule has 3 rings (SSSR count). The van der Waals surface area contributed by atoms with Crippen molar-refractivity contribution in [3.05, 3.63) is 82.4 Å². The van der Waals surface area contributed by atoms with Gasteiger partial charge in [0.2, 0.25) is 0 Å². The molecule has 0 saturated carbocycles. The molecule has 3 aromatic rings. The summed E-state index contributed by atoms with van der Waals surface area (Å²) in [6, 6.07) is 9.24. The Morgan fingerprint density at radius 2 is 1.89 bits per heavy atom. The lowest BCUT2D eigenvalue weighted by molar-refractivity contribution is 0.0911. The Labute approximate surface area is 159 Å². The molecule has 27 heavy (non-hydrogen) atoms. The number of carbonyl (C=O) groups is 2. The first-order valence-corrected chi connectivity index (χ1v) is 8.36. The van der Waals surface area contributed by atoms with Gasteiger partial charge in [-0.25, -0.2) is 9.37 Å². The first kappa shape index (κ1) is 18.5. The van der Waals surface area contributed by atoms with Crippen molar-refractivity contribution in [3.63, 3.8) is 0 Å². The van der Waals surface area contributed by atoms with Crippen LogP contribution in [0.1, 0.15) is 32.2 Å². The topological polar surface area (TPSA) is 99.8 Å². The van der Waals surface area contributed by atoms with Crippen molar-refractivity contribution in [1.29, 1.82) is 0 Å². The highest BCUT2D eigenvalue weighted by Crippen LogP contribution is 2.17. The van der Waals surface area contributed by atoms with Gasteiger partial charge in [-0.2, -0.15) is 0 Å². The molecule has 0 aliphatic heterocycles. The summed E-state index contributed by atoms with van der Waals surface area (Å²) >= 11 is 5.94. The van der Waals surface area contributed by atoms with Crippen LogP contribution in [0.5, 0.6) is 0 Å². The molecule has 9 heteroatoms. The summed E-state index contributed by atoms with van der Waals surface area (Å²) in [5, 5.41) is 5.48. The van der Waals surface area contributed by atoms with Crippen LogP contribution in [0.4, 0.5) is 4.39 Å². The van der Waals surface area contributed by atoms with Crippen LogP contribution in [0.25, 0.3) is 0 Å². The molecule has 0 saturated heterocycles. The third-order valence-corrected chi connectivity index (χ3v) is 4.04. The van der Waals surface area contributed by atoms with E-state index in [0.29, 0.717) is 11.3 Å². The van der Waals surface area contributed by atoms with Crippen LogP contribution in [0, 0.1) is 5.82 Å². The molecular weight excluding hydrogens is 373 g/mol. The molecule has 0 radical (unpaired) electrons. The predicted octanol–water partition coefficient (Wildman–Crippen LogP) is 2.46. The molecule has 0 unspecified atom stereocenters. The largest absolute Gasteiger partial charge is 0.347 e. The molecule has 0 bridgehead atoms. The van der Waals surface area contributed by atoms with Gasteiger partial charge in [0.15, 0.2) is 5.69 Å². The fourth-order valence-electron chi connectivity index (χ4n) is 2.33. The van der Waals surface area contributed by atoms with Gasteiger partial charge in [0.1, 0.15) is 11.5 Å². The number of imidazole rings is 1. The minimum Gasteiger partial charge on any atom is -0.347 e. The number of benzene rings is 1. The number of nitrogens with one attached hydrogen (secondary N) is 3. The normalized spacial score (nSPS) is 10.4. The summed E-state index contributed by atoms with van der Waals surface area (Å²) in [5.41, 5.74) is 1.21. The zero-order valence-electron chi connectivity index (χ0n) is 14.0. The summed E-state index contributed by atoms with van der Waals surface area (Å²) in [5.74, 6) is -1.50. The lowest BCUT2D eigenvalue weighted by atomic mass is 10.2. The van der Waals surface area contributed by atoms with Crippen molar-refractivity contribution in [1.82, 2.24) is 25.6 Å². The zero-order valence-corrected chi connectivity index (χ0v) is 14.8. The molecule has 138 valence electrons. The second kappa shape index (κ2) is 8.41. The Bertz CT molecular complexity index is 961. The van der Waals surface area contributed by atoms with E-state index in [1.54, 1.807) is 18.3 Å². The highest BCUT2D eigenvalue weighted by Gasteiger charge is 2.20. The maximum atomic E-state index is 13.1. The van der Waals surface area contributed by atoms with Crippen molar-refractivity contribution in [2.45, 2.75) is 13.1 Å². The number of rotatable bonds is 6. The summed E-state index contributed by atoms with van der Waals surface area (Å²) in [6.07, 6.45) is 2.88. The van der Waals surface area contributed by atoms with E-state index in [1.807, 2.05) is 6.07 Å². The number of H-pyrrole nitrogens is 1. The lowest BCUT2D eigenvalue weighted by Crippen LogP contribution is -2.29. The number of nitrogens with zero attached hydrogens (tertiary/aromatic N) is 2. The Kier molecular flexibility index (Phi) is 5.77. The third-order valence-electron chi connectivity index (χ3n) is 3.69. The number of hydrogen-bond donors (Lipinski definition) is 3. The van der Waals surface area contributed by atoms with Gasteiger partial charge in [0.05, 0.1) is 18.6 Å². The summed E-state index contributed by atoms with van der Waals surface area (Å²) in [7, 11) is 0. The molecule has 2 heterocycles. The number of hydrogen-bond acceptors (Lipinski definition) is 4. The monoisotopic (exact) mass is 387 g/mol. The Morgan fingerprint density at radius 3 is 2.63 bits per heavy atom. The van der Waals surface area contributed by atoms with Gasteiger partial charge in [0.25, 0.3) is 11.8 Å². The van der Waals surface area contributed by atoms with Crippen LogP contribution in [-0.2, 0) is 13.1 Å². The number of aromatic nitrogens is 3. The van der Waals surface area contributed by atoms with E-state index in [4.69, 9.17) is 11.6 Å². The molecule has 0 aliphatic rings. The molecule has 7 nitrogen and oxygen atoms in total. The molecule has 3 N–H and O–H groups in total. The zero-order chi connectivity index (χ0) is 19.2. The Morgan fingerprint density at radius 1 is 1.07 bits per heavy atom. The van der Waals surface area contributed by atoms with Crippen LogP contribution in [-0.4, -0.2) is 26.8 Å². The van der Waals surface area contributed by atoms with Gasteiger partial charge in [-0.3, -0.25) is 14.6 Å². The van der Waals surface area contributed by atoms with E-state index in [0.717, 1.165) is 6.07 Å². The maximum Gasteiger partial charge on any atom is 0.272 e. The Balaban J connectivity index is 1.63. The molecular formula is C18H15ClFN5O2. The highest BCUT2D eigenvalue weighted by molar-refractivity contribution is 6.31. The first-order valence-electron chi connectivity index (χ1n) is 7.98. The number of amides is 2. The van der Waals surface area contributed by atoms with Crippen molar-refractivity contribution < 1.29 is 14.0 Å². The van der Waals surface area contributed by atoms with Gasteiger partial charge in [0, 0.05) is 17.8 Å². The summed E-state index contributed by atoms with van der Waals surface area (Å²) in [4.78, 5) is 35.3. The van der Waals surface area contributed by atoms with Crippen LogP contribution in [0.15, 0.2) is 48.9 Å². The van der Waals surface area contributed by atoms with E-state index in [2.05, 4.69) is 25.6 Å². The van der Waals surface area contributed by atoms with Crippen molar-refractivity contribution >= 4 is 23.4 Å². The van der Waals surface area contributed by atoms with Crippen LogP contribution < -0.4 is 10.6 Å². The van der Waals surface area contributed by atoms with Gasteiger partial charge in [-0.05, 0) is 29.8 Å². The number of halogens is 2. The molecule has 1 aromatic carbocycles. The second-order valence-corrected chi connectivity index (χ2v) is 5.96. The highest BCUT2D eigenvalue weighted by atomic mass is 35.5. The van der Waals surface area contributed by atoms with E-state index in [9.17, 15) is 14.0 Å². The third kappa shape index (κ3) is 4.68. The minimum absolute atomic E-state index is 0.0201. The predicted molar refractivity (Wildman–Crippen MR) is 96.6 cm³/mol. The average molecular weight is 388 g/mol. The number of pyridine rings is 1. The van der Waals surface area contributed by atoms with Crippen molar-refractivity contribution in [2.24, 2.45) is 0 Å². The van der Waals surface area contributed by atoms with E-state index in [-0.39, 0.29) is 29.5 Å². The van der Waals surface area contributed by atoms with Gasteiger partial charge in [-0.15, -0.1) is 0 Å². The van der Waals surface area contributed by atoms with Gasteiger partial charge in [-0.1, -0.05) is 23.7 Å².